The summed E-state index contributed by atoms with van der Waals surface area (Å²) in [6.07, 6.45) is 3.22. The number of hydrogen-bond acceptors (Lipinski definition) is 4. The van der Waals surface area contributed by atoms with Crippen LogP contribution in [-0.2, 0) is 14.2 Å². The van der Waals surface area contributed by atoms with Crippen molar-refractivity contribution < 1.29 is 19.3 Å². The van der Waals surface area contributed by atoms with Gasteiger partial charge >= 0.3 is 7.48 Å². The first-order valence-corrected chi connectivity index (χ1v) is 7.64. The Balaban J connectivity index is 4.10. The van der Waals surface area contributed by atoms with E-state index >= 15 is 0 Å². The highest BCUT2D eigenvalue weighted by Gasteiger charge is 2.27. The maximum absolute atomic E-state index is 11.9. The normalized spacial score (nSPS) is 13.9. The molecule has 0 aromatic heterocycles. The van der Waals surface area contributed by atoms with Crippen LogP contribution in [0.5, 0.6) is 0 Å². The molecule has 0 aliphatic rings. The monoisotopic (exact) mass is 286 g/mol. The molecule has 0 saturated heterocycles. The summed E-state index contributed by atoms with van der Waals surface area (Å²) in [5, 5.41) is 9.63. The van der Waals surface area contributed by atoms with Crippen molar-refractivity contribution in [2.24, 2.45) is 5.92 Å². The summed E-state index contributed by atoms with van der Waals surface area (Å²) in [7, 11) is 0.248. The van der Waals surface area contributed by atoms with Gasteiger partial charge in [0, 0.05) is 6.61 Å². The van der Waals surface area contributed by atoms with Gasteiger partial charge in [-0.3, -0.25) is 4.79 Å². The maximum atomic E-state index is 11.9. The third kappa shape index (κ3) is 9.37. The minimum absolute atomic E-state index is 0.00725. The van der Waals surface area contributed by atoms with Gasteiger partial charge in [0.05, 0.1) is 17.0 Å². The van der Waals surface area contributed by atoms with Crippen LogP contribution < -0.4 is 0 Å². The molecule has 0 bridgehead atoms. The van der Waals surface area contributed by atoms with Gasteiger partial charge in [-0.05, 0) is 47.0 Å². The Morgan fingerprint density at radius 2 is 1.85 bits per heavy atom. The fourth-order valence-electron chi connectivity index (χ4n) is 1.82. The fraction of sp³-hybridized carbons (Fsp3) is 0.933. The van der Waals surface area contributed by atoms with Crippen LogP contribution in [0.1, 0.15) is 67.2 Å². The summed E-state index contributed by atoms with van der Waals surface area (Å²) in [5.41, 5.74) is -1.26. The summed E-state index contributed by atoms with van der Waals surface area (Å²) in [4.78, 5) is 11.9. The highest BCUT2D eigenvalue weighted by molar-refractivity contribution is 6.34. The zero-order valence-corrected chi connectivity index (χ0v) is 14.0. The number of hydrogen-bond donors (Lipinski definition) is 1. The molecule has 0 aliphatic carbocycles. The Kier molecular flexibility index (Phi) is 8.44. The van der Waals surface area contributed by atoms with E-state index in [1.54, 1.807) is 13.8 Å². The van der Waals surface area contributed by atoms with E-state index in [4.69, 9.17) is 9.39 Å². The van der Waals surface area contributed by atoms with E-state index in [2.05, 4.69) is 6.92 Å². The van der Waals surface area contributed by atoms with Crippen LogP contribution in [0.15, 0.2) is 0 Å². The molecule has 1 atom stereocenters. The van der Waals surface area contributed by atoms with Crippen molar-refractivity contribution in [3.8, 4) is 0 Å². The third-order valence-electron chi connectivity index (χ3n) is 3.23. The van der Waals surface area contributed by atoms with E-state index < -0.39 is 11.1 Å². The highest BCUT2D eigenvalue weighted by atomic mass is 16.5. The minimum atomic E-state index is -0.735. The molecule has 5 heteroatoms. The molecule has 118 valence electrons. The van der Waals surface area contributed by atoms with Crippen molar-refractivity contribution in [3.05, 3.63) is 0 Å². The summed E-state index contributed by atoms with van der Waals surface area (Å²) in [5.74, 6) is -0.138. The fourth-order valence-corrected chi connectivity index (χ4v) is 1.82. The Morgan fingerprint density at radius 3 is 2.30 bits per heavy atom. The van der Waals surface area contributed by atoms with Crippen molar-refractivity contribution in [3.63, 3.8) is 0 Å². The van der Waals surface area contributed by atoms with Crippen LogP contribution in [0.25, 0.3) is 0 Å². The van der Waals surface area contributed by atoms with Gasteiger partial charge in [-0.2, -0.15) is 0 Å². The second-order valence-corrected chi connectivity index (χ2v) is 6.67. The Bertz CT molecular complexity index is 284. The molecule has 1 unspecified atom stereocenters. The van der Waals surface area contributed by atoms with Crippen molar-refractivity contribution in [1.82, 2.24) is 0 Å². The number of aliphatic hydroxyl groups is 1. The van der Waals surface area contributed by atoms with Gasteiger partial charge < -0.3 is 14.5 Å². The first-order chi connectivity index (χ1) is 9.11. The van der Waals surface area contributed by atoms with E-state index in [1.165, 1.54) is 0 Å². The van der Waals surface area contributed by atoms with Crippen LogP contribution in [0.2, 0.25) is 0 Å². The Labute approximate surface area is 124 Å². The van der Waals surface area contributed by atoms with E-state index in [9.17, 15) is 9.90 Å². The lowest BCUT2D eigenvalue weighted by molar-refractivity contribution is -0.140. The number of carbonyl (C=O) groups excluding carboxylic acids is 1. The minimum Gasteiger partial charge on any atom is -0.536 e. The molecule has 20 heavy (non-hydrogen) atoms. The van der Waals surface area contributed by atoms with E-state index in [1.807, 2.05) is 20.8 Å². The van der Waals surface area contributed by atoms with Gasteiger partial charge in [0.1, 0.15) is 0 Å². The molecule has 1 N–H and O–H groups in total. The summed E-state index contributed by atoms with van der Waals surface area (Å²) >= 11 is 0. The van der Waals surface area contributed by atoms with Crippen LogP contribution in [0.4, 0.5) is 0 Å². The molecular formula is C15H31BO4. The molecular weight excluding hydrogens is 255 g/mol. The van der Waals surface area contributed by atoms with E-state index in [0.29, 0.717) is 13.0 Å². The molecule has 0 amide bonds. The first kappa shape index (κ1) is 19.5. The lowest BCUT2D eigenvalue weighted by Crippen LogP contribution is -2.38. The lowest BCUT2D eigenvalue weighted by Gasteiger charge is -2.26. The molecule has 0 heterocycles. The average molecular weight is 286 g/mol. The smallest absolute Gasteiger partial charge is 0.375 e. The van der Waals surface area contributed by atoms with Crippen LogP contribution >= 0.6 is 0 Å². The van der Waals surface area contributed by atoms with E-state index in [0.717, 1.165) is 19.3 Å². The standard InChI is InChI=1S/C15H31BO4/c1-7-9-12(8-2)13(17)20-16-15(5,6)19-11-10-14(3,4)18/h12,16,18H,7-11H2,1-6H3. The molecule has 0 spiro atoms. The molecule has 0 saturated carbocycles. The zero-order chi connectivity index (χ0) is 15.8. The van der Waals surface area contributed by atoms with Gasteiger partial charge in [-0.15, -0.1) is 0 Å². The van der Waals surface area contributed by atoms with Gasteiger partial charge in [-0.1, -0.05) is 20.3 Å². The second-order valence-electron chi connectivity index (χ2n) is 6.67. The lowest BCUT2D eigenvalue weighted by atomic mass is 9.77. The van der Waals surface area contributed by atoms with Gasteiger partial charge in [0.25, 0.3) is 5.97 Å². The molecule has 0 aromatic rings. The largest absolute Gasteiger partial charge is 0.536 e. The Hall–Kier alpha value is -0.545. The van der Waals surface area contributed by atoms with Gasteiger partial charge in [-0.25, -0.2) is 0 Å². The molecule has 0 aromatic carbocycles. The summed E-state index contributed by atoms with van der Waals surface area (Å²) in [6.45, 7) is 11.8. The van der Waals surface area contributed by atoms with Crippen molar-refractivity contribution in [1.29, 1.82) is 0 Å². The number of ether oxygens (including phenoxy) is 1. The average Bonchev–Trinajstić information content (AvgIpc) is 2.31. The molecule has 0 fully saturated rings. The Morgan fingerprint density at radius 1 is 1.25 bits per heavy atom. The zero-order valence-electron chi connectivity index (χ0n) is 14.0. The highest BCUT2D eigenvalue weighted by Crippen LogP contribution is 2.16. The molecule has 0 aliphatic heterocycles. The SMILES string of the molecule is CCCC(CC)C(=O)OBC(C)(C)OCCC(C)(C)O. The maximum Gasteiger partial charge on any atom is 0.375 e. The van der Waals surface area contributed by atoms with Crippen LogP contribution in [0, 0.1) is 5.92 Å². The third-order valence-corrected chi connectivity index (χ3v) is 3.23. The first-order valence-electron chi connectivity index (χ1n) is 7.64. The van der Waals surface area contributed by atoms with Crippen molar-refractivity contribution >= 4 is 13.5 Å². The van der Waals surface area contributed by atoms with Crippen LogP contribution in [-0.4, -0.2) is 36.3 Å². The summed E-state index contributed by atoms with van der Waals surface area (Å²) in [6, 6.07) is 0. The molecule has 0 rings (SSSR count). The predicted octanol–water partition coefficient (Wildman–Crippen LogP) is 2.62. The molecule has 4 nitrogen and oxygen atoms in total. The van der Waals surface area contributed by atoms with Crippen molar-refractivity contribution in [2.45, 2.75) is 78.3 Å². The predicted molar refractivity (Wildman–Crippen MR) is 82.9 cm³/mol. The van der Waals surface area contributed by atoms with Crippen molar-refractivity contribution in [2.75, 3.05) is 6.61 Å². The van der Waals surface area contributed by atoms with Gasteiger partial charge in [0.15, 0.2) is 0 Å². The summed E-state index contributed by atoms with van der Waals surface area (Å²) < 4.78 is 11.1. The quantitative estimate of drug-likeness (QED) is 0.627. The number of carbonyl (C=O) groups is 1. The van der Waals surface area contributed by atoms with E-state index in [-0.39, 0.29) is 19.4 Å². The molecule has 0 radical (unpaired) electrons. The van der Waals surface area contributed by atoms with Gasteiger partial charge in [0.2, 0.25) is 0 Å². The topological polar surface area (TPSA) is 55.8 Å². The van der Waals surface area contributed by atoms with Crippen LogP contribution in [0.3, 0.4) is 0 Å². The number of rotatable bonds is 10. The second kappa shape index (κ2) is 8.68.